The second-order valence-electron chi connectivity index (χ2n) is 4.18. The number of aromatic amines is 1. The summed E-state index contributed by atoms with van der Waals surface area (Å²) in [6.45, 7) is 4.10. The number of nitrogens with one attached hydrogen (secondary N) is 1. The second kappa shape index (κ2) is 6.56. The third kappa shape index (κ3) is 3.60. The summed E-state index contributed by atoms with van der Waals surface area (Å²) in [5.41, 5.74) is 2.09. The molecular weight excluding hydrogens is 371 g/mol. The Morgan fingerprint density at radius 2 is 2.11 bits per heavy atom. The molecule has 0 saturated heterocycles. The summed E-state index contributed by atoms with van der Waals surface area (Å²) in [7, 11) is 0. The summed E-state index contributed by atoms with van der Waals surface area (Å²) in [6, 6.07) is 8.23. The summed E-state index contributed by atoms with van der Waals surface area (Å²) in [6.07, 6.45) is 0.782. The largest absolute Gasteiger partial charge is 0.309 e. The van der Waals surface area contributed by atoms with Gasteiger partial charge in [-0.2, -0.15) is 0 Å². The van der Waals surface area contributed by atoms with Crippen molar-refractivity contribution in [3.63, 3.8) is 0 Å². The molecule has 0 aliphatic heterocycles. The molecule has 1 N–H and O–H groups in total. The van der Waals surface area contributed by atoms with E-state index in [4.69, 9.17) is 0 Å². The van der Waals surface area contributed by atoms with Gasteiger partial charge in [-0.25, -0.2) is 4.98 Å². The van der Waals surface area contributed by atoms with Gasteiger partial charge in [-0.1, -0.05) is 25.1 Å². The number of thioether (sulfide) groups is 1. The fourth-order valence-electron chi connectivity index (χ4n) is 1.72. The number of aryl methyl sites for hydroxylation is 2. The summed E-state index contributed by atoms with van der Waals surface area (Å²) in [4.78, 5) is 20.4. The molecule has 2 aromatic rings. The SMILES string of the molecule is CCc1nc(CSc2ccccc2C)[nH]c(=O)c1I. The van der Waals surface area contributed by atoms with Crippen molar-refractivity contribution in [1.29, 1.82) is 0 Å². The van der Waals surface area contributed by atoms with Crippen molar-refractivity contribution in [3.05, 3.63) is 55.3 Å². The zero-order valence-corrected chi connectivity index (χ0v) is 13.8. The Labute approximate surface area is 130 Å². The first-order chi connectivity index (χ1) is 9.11. The van der Waals surface area contributed by atoms with Crippen molar-refractivity contribution in [2.75, 3.05) is 0 Å². The maximum Gasteiger partial charge on any atom is 0.264 e. The highest BCUT2D eigenvalue weighted by Crippen LogP contribution is 2.24. The molecule has 0 radical (unpaired) electrons. The number of aromatic nitrogens is 2. The van der Waals surface area contributed by atoms with Gasteiger partial charge in [0.15, 0.2) is 0 Å². The number of H-pyrrole nitrogens is 1. The Bertz CT molecular complexity index is 640. The van der Waals surface area contributed by atoms with Gasteiger partial charge >= 0.3 is 0 Å². The molecular formula is C14H15IN2OS. The molecule has 5 heteroatoms. The third-order valence-corrected chi connectivity index (χ3v) is 5.07. The predicted molar refractivity (Wildman–Crippen MR) is 87.7 cm³/mol. The molecule has 3 nitrogen and oxygen atoms in total. The van der Waals surface area contributed by atoms with Crippen LogP contribution >= 0.6 is 34.4 Å². The lowest BCUT2D eigenvalue weighted by atomic mass is 10.2. The summed E-state index contributed by atoms with van der Waals surface area (Å²) >= 11 is 3.75. The average molecular weight is 386 g/mol. The highest BCUT2D eigenvalue weighted by molar-refractivity contribution is 14.1. The highest BCUT2D eigenvalue weighted by atomic mass is 127. The molecule has 0 aliphatic rings. The summed E-state index contributed by atoms with van der Waals surface area (Å²) < 4.78 is 0.699. The fraction of sp³-hybridized carbons (Fsp3) is 0.286. The van der Waals surface area contributed by atoms with Crippen LogP contribution in [0.25, 0.3) is 0 Å². The first-order valence-corrected chi connectivity index (χ1v) is 8.14. The first kappa shape index (κ1) is 14.6. The van der Waals surface area contributed by atoms with Crippen LogP contribution in [0.1, 0.15) is 24.0 Å². The van der Waals surface area contributed by atoms with E-state index in [1.807, 2.05) is 19.1 Å². The van der Waals surface area contributed by atoms with Gasteiger partial charge in [0, 0.05) is 4.90 Å². The lowest BCUT2D eigenvalue weighted by Gasteiger charge is -2.06. The summed E-state index contributed by atoms with van der Waals surface area (Å²) in [5.74, 6) is 1.43. The Morgan fingerprint density at radius 3 is 2.79 bits per heavy atom. The minimum absolute atomic E-state index is 0.0344. The van der Waals surface area contributed by atoms with E-state index in [1.54, 1.807) is 11.8 Å². The van der Waals surface area contributed by atoms with Gasteiger partial charge in [0.05, 0.1) is 15.0 Å². The lowest BCUT2D eigenvalue weighted by Crippen LogP contribution is -2.17. The van der Waals surface area contributed by atoms with Crippen LogP contribution in [0.2, 0.25) is 0 Å². The van der Waals surface area contributed by atoms with E-state index in [1.165, 1.54) is 10.5 Å². The zero-order valence-electron chi connectivity index (χ0n) is 10.9. The van der Waals surface area contributed by atoms with Crippen molar-refractivity contribution >= 4 is 34.4 Å². The van der Waals surface area contributed by atoms with E-state index in [2.05, 4.69) is 51.6 Å². The highest BCUT2D eigenvalue weighted by Gasteiger charge is 2.08. The van der Waals surface area contributed by atoms with E-state index in [9.17, 15) is 4.79 Å². The minimum atomic E-state index is -0.0344. The van der Waals surface area contributed by atoms with Crippen LogP contribution in [0, 0.1) is 10.5 Å². The smallest absolute Gasteiger partial charge is 0.264 e. The van der Waals surface area contributed by atoms with Crippen molar-refractivity contribution < 1.29 is 0 Å². The number of hydrogen-bond donors (Lipinski definition) is 1. The molecule has 0 spiro atoms. The Balaban J connectivity index is 2.19. The molecule has 0 atom stereocenters. The maximum atomic E-state index is 11.8. The molecule has 0 unspecified atom stereocenters. The molecule has 1 aromatic heterocycles. The predicted octanol–water partition coefficient (Wildman–Crippen LogP) is 3.54. The van der Waals surface area contributed by atoms with Crippen LogP contribution < -0.4 is 5.56 Å². The number of hydrogen-bond acceptors (Lipinski definition) is 3. The van der Waals surface area contributed by atoms with Gasteiger partial charge in [-0.05, 0) is 47.6 Å². The van der Waals surface area contributed by atoms with Gasteiger partial charge in [-0.15, -0.1) is 11.8 Å². The molecule has 0 saturated carbocycles. The number of halogens is 1. The Morgan fingerprint density at radius 1 is 1.37 bits per heavy atom. The molecule has 0 fully saturated rings. The van der Waals surface area contributed by atoms with Gasteiger partial charge < -0.3 is 4.98 Å². The van der Waals surface area contributed by atoms with Crippen molar-refractivity contribution in [3.8, 4) is 0 Å². The monoisotopic (exact) mass is 386 g/mol. The number of nitrogens with zero attached hydrogens (tertiary/aromatic N) is 1. The topological polar surface area (TPSA) is 45.8 Å². The molecule has 1 aromatic carbocycles. The molecule has 1 heterocycles. The number of benzene rings is 1. The van der Waals surface area contributed by atoms with Crippen molar-refractivity contribution in [1.82, 2.24) is 9.97 Å². The average Bonchev–Trinajstić information content (AvgIpc) is 2.41. The Kier molecular flexibility index (Phi) is 5.04. The molecule has 2 rings (SSSR count). The van der Waals surface area contributed by atoms with Gasteiger partial charge in [0.1, 0.15) is 5.82 Å². The van der Waals surface area contributed by atoms with E-state index in [0.29, 0.717) is 9.32 Å². The lowest BCUT2D eigenvalue weighted by molar-refractivity contribution is 0.905. The van der Waals surface area contributed by atoms with E-state index < -0.39 is 0 Å². The molecule has 0 amide bonds. The van der Waals surface area contributed by atoms with Gasteiger partial charge in [0.2, 0.25) is 0 Å². The van der Waals surface area contributed by atoms with Crippen molar-refractivity contribution in [2.24, 2.45) is 0 Å². The van der Waals surface area contributed by atoms with Crippen LogP contribution in [-0.2, 0) is 12.2 Å². The fourth-order valence-corrected chi connectivity index (χ4v) is 3.26. The second-order valence-corrected chi connectivity index (χ2v) is 6.28. The molecule has 0 aliphatic carbocycles. The minimum Gasteiger partial charge on any atom is -0.309 e. The zero-order chi connectivity index (χ0) is 13.8. The van der Waals surface area contributed by atoms with E-state index in [-0.39, 0.29) is 5.56 Å². The normalized spacial score (nSPS) is 10.7. The van der Waals surface area contributed by atoms with Crippen LogP contribution in [0.4, 0.5) is 0 Å². The van der Waals surface area contributed by atoms with Gasteiger partial charge in [-0.3, -0.25) is 4.79 Å². The summed E-state index contributed by atoms with van der Waals surface area (Å²) in [5, 5.41) is 0. The van der Waals surface area contributed by atoms with Crippen LogP contribution in [-0.4, -0.2) is 9.97 Å². The van der Waals surface area contributed by atoms with Gasteiger partial charge in [0.25, 0.3) is 5.56 Å². The van der Waals surface area contributed by atoms with Crippen molar-refractivity contribution in [2.45, 2.75) is 30.9 Å². The maximum absolute atomic E-state index is 11.8. The van der Waals surface area contributed by atoms with Crippen LogP contribution in [0.15, 0.2) is 34.0 Å². The third-order valence-electron chi connectivity index (χ3n) is 2.77. The standard InChI is InChI=1S/C14H15IN2OS/c1-3-10-13(15)14(18)17-12(16-10)8-19-11-7-5-4-6-9(11)2/h4-7H,3,8H2,1-2H3,(H,16,17,18). The van der Waals surface area contributed by atoms with Crippen LogP contribution in [0.5, 0.6) is 0 Å². The molecule has 19 heavy (non-hydrogen) atoms. The number of rotatable bonds is 4. The first-order valence-electron chi connectivity index (χ1n) is 6.07. The van der Waals surface area contributed by atoms with E-state index >= 15 is 0 Å². The quantitative estimate of drug-likeness (QED) is 0.646. The van der Waals surface area contributed by atoms with Crippen LogP contribution in [0.3, 0.4) is 0 Å². The molecule has 100 valence electrons. The van der Waals surface area contributed by atoms with E-state index in [0.717, 1.165) is 17.9 Å². The Hall–Kier alpha value is -0.820. The molecule has 0 bridgehead atoms.